The SMILES string of the molecule is COc1ccccc1OC(C)(C)C(=O)N[C@@H]1CCOC[C@H]1OC. The van der Waals surface area contributed by atoms with E-state index in [2.05, 4.69) is 5.32 Å². The van der Waals surface area contributed by atoms with Gasteiger partial charge in [-0.1, -0.05) is 12.1 Å². The third-order valence-electron chi connectivity index (χ3n) is 3.90. The molecule has 1 aliphatic heterocycles. The largest absolute Gasteiger partial charge is 0.493 e. The van der Waals surface area contributed by atoms with Gasteiger partial charge in [-0.05, 0) is 32.4 Å². The number of benzene rings is 1. The molecule has 23 heavy (non-hydrogen) atoms. The maximum Gasteiger partial charge on any atom is 0.263 e. The molecule has 1 heterocycles. The molecule has 0 unspecified atom stereocenters. The van der Waals surface area contributed by atoms with Crippen molar-refractivity contribution < 1.29 is 23.7 Å². The molecule has 6 heteroatoms. The van der Waals surface area contributed by atoms with Crippen molar-refractivity contribution in [3.63, 3.8) is 0 Å². The summed E-state index contributed by atoms with van der Waals surface area (Å²) in [6, 6.07) is 7.18. The highest BCUT2D eigenvalue weighted by atomic mass is 16.5. The first-order chi connectivity index (χ1) is 11.0. The predicted octanol–water partition coefficient (Wildman–Crippen LogP) is 1.77. The number of nitrogens with one attached hydrogen (secondary N) is 1. The van der Waals surface area contributed by atoms with E-state index in [-0.39, 0.29) is 18.1 Å². The number of hydrogen-bond acceptors (Lipinski definition) is 5. The quantitative estimate of drug-likeness (QED) is 0.864. The Morgan fingerprint density at radius 2 is 1.96 bits per heavy atom. The van der Waals surface area contributed by atoms with Crippen molar-refractivity contribution >= 4 is 5.91 Å². The summed E-state index contributed by atoms with van der Waals surface area (Å²) in [5.74, 6) is 0.928. The molecule has 1 aromatic carbocycles. The van der Waals surface area contributed by atoms with Gasteiger partial charge < -0.3 is 24.3 Å². The van der Waals surface area contributed by atoms with Crippen LogP contribution in [-0.4, -0.2) is 51.1 Å². The molecule has 1 saturated heterocycles. The average Bonchev–Trinajstić information content (AvgIpc) is 2.55. The summed E-state index contributed by atoms with van der Waals surface area (Å²) in [6.45, 7) is 4.56. The number of amides is 1. The standard InChI is InChI=1S/C17H25NO5/c1-17(2,23-14-8-6-5-7-13(14)20-3)16(19)18-12-9-10-22-11-15(12)21-4/h5-8,12,15H,9-11H2,1-4H3,(H,18,19)/t12-,15-/m1/s1. The lowest BCUT2D eigenvalue weighted by Crippen LogP contribution is -2.56. The van der Waals surface area contributed by atoms with Gasteiger partial charge in [0, 0.05) is 13.7 Å². The Hall–Kier alpha value is -1.79. The number of carbonyl (C=O) groups excluding carboxylic acids is 1. The molecule has 1 N–H and O–H groups in total. The van der Waals surface area contributed by atoms with E-state index in [4.69, 9.17) is 18.9 Å². The van der Waals surface area contributed by atoms with Crippen LogP contribution in [-0.2, 0) is 14.3 Å². The average molecular weight is 323 g/mol. The third kappa shape index (κ3) is 4.36. The van der Waals surface area contributed by atoms with E-state index in [1.54, 1.807) is 40.2 Å². The fraction of sp³-hybridized carbons (Fsp3) is 0.588. The first-order valence-electron chi connectivity index (χ1n) is 7.71. The van der Waals surface area contributed by atoms with Gasteiger partial charge in [-0.3, -0.25) is 4.79 Å². The van der Waals surface area contributed by atoms with E-state index in [1.807, 2.05) is 12.1 Å². The maximum atomic E-state index is 12.6. The highest BCUT2D eigenvalue weighted by molar-refractivity contribution is 5.85. The van der Waals surface area contributed by atoms with Crippen LogP contribution in [0, 0.1) is 0 Å². The summed E-state index contributed by atoms with van der Waals surface area (Å²) in [7, 11) is 3.19. The minimum absolute atomic E-state index is 0.0817. The number of carbonyl (C=O) groups is 1. The van der Waals surface area contributed by atoms with E-state index >= 15 is 0 Å². The smallest absolute Gasteiger partial charge is 0.263 e. The van der Waals surface area contributed by atoms with Gasteiger partial charge in [0.05, 0.1) is 19.8 Å². The molecular formula is C17H25NO5. The zero-order chi connectivity index (χ0) is 16.9. The molecular weight excluding hydrogens is 298 g/mol. The van der Waals surface area contributed by atoms with Crippen molar-refractivity contribution in [3.05, 3.63) is 24.3 Å². The topological polar surface area (TPSA) is 66.0 Å². The monoisotopic (exact) mass is 323 g/mol. The predicted molar refractivity (Wildman–Crippen MR) is 85.9 cm³/mol. The summed E-state index contributed by atoms with van der Waals surface area (Å²) >= 11 is 0. The van der Waals surface area contributed by atoms with E-state index < -0.39 is 5.60 Å². The molecule has 0 aromatic heterocycles. The zero-order valence-electron chi connectivity index (χ0n) is 14.1. The lowest BCUT2D eigenvalue weighted by molar-refractivity contribution is -0.138. The van der Waals surface area contributed by atoms with E-state index in [9.17, 15) is 4.79 Å². The van der Waals surface area contributed by atoms with Gasteiger partial charge in [0.2, 0.25) is 0 Å². The van der Waals surface area contributed by atoms with Gasteiger partial charge >= 0.3 is 0 Å². The molecule has 0 bridgehead atoms. The summed E-state index contributed by atoms with van der Waals surface area (Å²) in [4.78, 5) is 12.6. The highest BCUT2D eigenvalue weighted by Crippen LogP contribution is 2.29. The Labute approximate surface area is 137 Å². The normalized spacial score (nSPS) is 21.6. The summed E-state index contributed by atoms with van der Waals surface area (Å²) < 4.78 is 21.9. The van der Waals surface area contributed by atoms with Crippen molar-refractivity contribution in [2.24, 2.45) is 0 Å². The van der Waals surface area contributed by atoms with Crippen molar-refractivity contribution in [1.29, 1.82) is 0 Å². The zero-order valence-corrected chi connectivity index (χ0v) is 14.1. The highest BCUT2D eigenvalue weighted by Gasteiger charge is 2.35. The van der Waals surface area contributed by atoms with Crippen LogP contribution in [0.15, 0.2) is 24.3 Å². The van der Waals surface area contributed by atoms with Gasteiger partial charge in [-0.25, -0.2) is 0 Å². The Morgan fingerprint density at radius 3 is 2.61 bits per heavy atom. The molecule has 1 fully saturated rings. The van der Waals surface area contributed by atoms with Crippen LogP contribution in [0.3, 0.4) is 0 Å². The van der Waals surface area contributed by atoms with E-state index in [1.165, 1.54) is 0 Å². The molecule has 0 spiro atoms. The first kappa shape index (κ1) is 17.6. The number of para-hydroxylation sites is 2. The Kier molecular flexibility index (Phi) is 5.85. The van der Waals surface area contributed by atoms with E-state index in [0.29, 0.717) is 24.7 Å². The molecule has 1 aromatic rings. The van der Waals surface area contributed by atoms with Crippen LogP contribution < -0.4 is 14.8 Å². The van der Waals surface area contributed by atoms with Gasteiger partial charge in [0.1, 0.15) is 6.10 Å². The van der Waals surface area contributed by atoms with Crippen LogP contribution in [0.2, 0.25) is 0 Å². The van der Waals surface area contributed by atoms with Gasteiger partial charge in [-0.15, -0.1) is 0 Å². The van der Waals surface area contributed by atoms with Crippen LogP contribution in [0.25, 0.3) is 0 Å². The van der Waals surface area contributed by atoms with Crippen LogP contribution in [0.5, 0.6) is 11.5 Å². The van der Waals surface area contributed by atoms with Crippen LogP contribution in [0.4, 0.5) is 0 Å². The molecule has 1 aliphatic rings. The minimum atomic E-state index is -1.04. The Balaban J connectivity index is 2.04. The molecule has 0 saturated carbocycles. The Morgan fingerprint density at radius 1 is 1.26 bits per heavy atom. The summed E-state index contributed by atoms with van der Waals surface area (Å²) in [6.07, 6.45) is 0.574. The molecule has 1 amide bonds. The van der Waals surface area contributed by atoms with Gasteiger partial charge in [0.25, 0.3) is 5.91 Å². The first-order valence-corrected chi connectivity index (χ1v) is 7.71. The third-order valence-corrected chi connectivity index (χ3v) is 3.90. The van der Waals surface area contributed by atoms with Crippen molar-refractivity contribution in [2.45, 2.75) is 38.0 Å². The molecule has 2 atom stereocenters. The fourth-order valence-corrected chi connectivity index (χ4v) is 2.48. The summed E-state index contributed by atoms with van der Waals surface area (Å²) in [5, 5.41) is 3.01. The van der Waals surface area contributed by atoms with Crippen LogP contribution >= 0.6 is 0 Å². The Bertz CT molecular complexity index is 531. The molecule has 128 valence electrons. The molecule has 2 rings (SSSR count). The van der Waals surface area contributed by atoms with E-state index in [0.717, 1.165) is 6.42 Å². The number of rotatable bonds is 6. The van der Waals surface area contributed by atoms with Gasteiger partial charge in [0.15, 0.2) is 17.1 Å². The van der Waals surface area contributed by atoms with Crippen molar-refractivity contribution in [1.82, 2.24) is 5.32 Å². The van der Waals surface area contributed by atoms with Crippen molar-refractivity contribution in [2.75, 3.05) is 27.4 Å². The second-order valence-electron chi connectivity index (χ2n) is 5.98. The number of ether oxygens (including phenoxy) is 4. The maximum absolute atomic E-state index is 12.6. The molecule has 6 nitrogen and oxygen atoms in total. The van der Waals surface area contributed by atoms with Crippen LogP contribution in [0.1, 0.15) is 20.3 Å². The minimum Gasteiger partial charge on any atom is -0.493 e. The second kappa shape index (κ2) is 7.66. The second-order valence-corrected chi connectivity index (χ2v) is 5.98. The lowest BCUT2D eigenvalue weighted by atomic mass is 10.0. The fourth-order valence-electron chi connectivity index (χ4n) is 2.48. The number of hydrogen-bond donors (Lipinski definition) is 1. The number of methoxy groups -OCH3 is 2. The molecule has 0 aliphatic carbocycles. The molecule has 0 radical (unpaired) electrons. The van der Waals surface area contributed by atoms with Gasteiger partial charge in [-0.2, -0.15) is 0 Å². The lowest BCUT2D eigenvalue weighted by Gasteiger charge is -2.34. The van der Waals surface area contributed by atoms with Crippen molar-refractivity contribution in [3.8, 4) is 11.5 Å². The summed E-state index contributed by atoms with van der Waals surface area (Å²) in [5.41, 5.74) is -1.04.